The van der Waals surface area contributed by atoms with Crippen LogP contribution in [0.5, 0.6) is 0 Å². The van der Waals surface area contributed by atoms with E-state index in [4.69, 9.17) is 20.0 Å². The van der Waals surface area contributed by atoms with E-state index in [1.807, 2.05) is 54.6 Å². The van der Waals surface area contributed by atoms with Crippen molar-refractivity contribution < 1.29 is 9.53 Å². The lowest BCUT2D eigenvalue weighted by Crippen LogP contribution is -2.26. The Kier molecular flexibility index (Phi) is 6.99. The van der Waals surface area contributed by atoms with Crippen molar-refractivity contribution in [1.29, 1.82) is 5.26 Å². The summed E-state index contributed by atoms with van der Waals surface area (Å²) in [6.07, 6.45) is 1.55. The molecule has 0 saturated carbocycles. The van der Waals surface area contributed by atoms with Crippen LogP contribution in [0.15, 0.2) is 125 Å². The van der Waals surface area contributed by atoms with Crippen LogP contribution in [0.1, 0.15) is 4.88 Å². The molecule has 2 heterocycles. The van der Waals surface area contributed by atoms with Gasteiger partial charge in [0.2, 0.25) is 5.76 Å². The van der Waals surface area contributed by atoms with Gasteiger partial charge in [0.25, 0.3) is 6.47 Å². The summed E-state index contributed by atoms with van der Waals surface area (Å²) < 4.78 is 4.71. The average molecular weight is 539 g/mol. The van der Waals surface area contributed by atoms with Crippen molar-refractivity contribution in [3.05, 3.63) is 131 Å². The second-order valence-electron chi connectivity index (χ2n) is 8.91. The van der Waals surface area contributed by atoms with Crippen LogP contribution in [-0.4, -0.2) is 13.1 Å². The van der Waals surface area contributed by atoms with Crippen LogP contribution in [0.4, 0.5) is 17.1 Å². The molecule has 7 heteroatoms. The summed E-state index contributed by atoms with van der Waals surface area (Å²) in [5.41, 5.74) is 6.31. The highest BCUT2D eigenvalue weighted by Crippen LogP contribution is 2.35. The Morgan fingerprint density at radius 3 is 2.00 bits per heavy atom. The van der Waals surface area contributed by atoms with E-state index in [1.54, 1.807) is 6.08 Å². The molecule has 0 N–H and O–H groups in total. The topological polar surface area (TPSA) is 78.1 Å². The fourth-order valence-corrected chi connectivity index (χ4v) is 5.72. The van der Waals surface area contributed by atoms with Crippen molar-refractivity contribution >= 4 is 40.9 Å². The van der Waals surface area contributed by atoms with Crippen molar-refractivity contribution in [3.8, 4) is 27.6 Å². The summed E-state index contributed by atoms with van der Waals surface area (Å²) in [6, 6.07) is 39.1. The predicted molar refractivity (Wildman–Crippen MR) is 158 cm³/mol. The number of benzene rings is 4. The zero-order valence-corrected chi connectivity index (χ0v) is 22.1. The molecule has 0 atom stereocenters. The second kappa shape index (κ2) is 11.2. The Morgan fingerprint density at radius 1 is 0.775 bits per heavy atom. The van der Waals surface area contributed by atoms with Crippen LogP contribution >= 0.6 is 11.3 Å². The molecule has 1 aliphatic heterocycles. The molecule has 0 spiro atoms. The lowest BCUT2D eigenvalue weighted by Gasteiger charge is -2.25. The minimum atomic E-state index is -0.0507. The predicted octanol–water partition coefficient (Wildman–Crippen LogP) is 6.80. The van der Waals surface area contributed by atoms with E-state index in [9.17, 15) is 4.79 Å². The molecule has 1 aromatic heterocycles. The van der Waals surface area contributed by atoms with Crippen molar-refractivity contribution in [1.82, 2.24) is 0 Å². The third kappa shape index (κ3) is 4.92. The summed E-state index contributed by atoms with van der Waals surface area (Å²) in [5.74, 6) is -0.0507. The molecule has 6 nitrogen and oxygen atoms in total. The maximum atomic E-state index is 10.6. The second-order valence-corrected chi connectivity index (χ2v) is 10.0. The van der Waals surface area contributed by atoms with Crippen LogP contribution in [0.2, 0.25) is 0 Å². The van der Waals surface area contributed by atoms with Crippen LogP contribution in [0, 0.1) is 11.3 Å². The largest absolute Gasteiger partial charge is 0.417 e. The molecular weight excluding hydrogens is 516 g/mol. The van der Waals surface area contributed by atoms with Gasteiger partial charge in [-0.25, -0.2) is 0 Å². The first-order valence-corrected chi connectivity index (χ1v) is 13.4. The van der Waals surface area contributed by atoms with Gasteiger partial charge in [0.05, 0.1) is 10.7 Å². The van der Waals surface area contributed by atoms with Gasteiger partial charge in [-0.2, -0.15) is 5.26 Å². The molecule has 5 aromatic rings. The number of nitrogens with zero attached hydrogens (tertiary/aromatic N) is 4. The summed E-state index contributed by atoms with van der Waals surface area (Å²) >= 11 is 1.49. The highest BCUT2D eigenvalue weighted by molar-refractivity contribution is 7.16. The Labute approximate surface area is 235 Å². The Bertz CT molecular complexity index is 1830. The lowest BCUT2D eigenvalue weighted by atomic mass is 10.0. The number of rotatable bonds is 8. The van der Waals surface area contributed by atoms with E-state index in [0.29, 0.717) is 6.67 Å². The maximum Gasteiger partial charge on any atom is 0.299 e. The maximum absolute atomic E-state index is 10.6. The SMILES string of the molecule is N#C/C(=C/c1ccc(-c2ccc(-c3ccc(N(c4ccccc4)c4ccccc4)cc3)c3c2=NCN=3)s1)OC=O. The number of ether oxygens (including phenoxy) is 1. The highest BCUT2D eigenvalue weighted by Gasteiger charge is 2.15. The quantitative estimate of drug-likeness (QED) is 0.124. The number of allylic oxidation sites excluding steroid dienone is 1. The molecule has 0 fully saturated rings. The summed E-state index contributed by atoms with van der Waals surface area (Å²) in [7, 11) is 0. The zero-order chi connectivity index (χ0) is 27.3. The third-order valence-corrected chi connectivity index (χ3v) is 7.59. The summed E-state index contributed by atoms with van der Waals surface area (Å²) in [5, 5.41) is 10.9. The molecule has 192 valence electrons. The van der Waals surface area contributed by atoms with E-state index in [2.05, 4.69) is 65.6 Å². The molecule has 0 amide bonds. The Balaban J connectivity index is 1.35. The number of hydrogen-bond acceptors (Lipinski definition) is 7. The Hall–Kier alpha value is -5.32. The minimum absolute atomic E-state index is 0.0507. The van der Waals surface area contributed by atoms with Gasteiger partial charge in [-0.15, -0.1) is 11.3 Å². The average Bonchev–Trinajstić information content (AvgIpc) is 3.69. The van der Waals surface area contributed by atoms with Gasteiger partial charge in [-0.3, -0.25) is 14.8 Å². The molecule has 1 aliphatic rings. The highest BCUT2D eigenvalue weighted by atomic mass is 32.1. The van der Waals surface area contributed by atoms with Gasteiger partial charge in [0.15, 0.2) is 0 Å². The molecule has 0 saturated heterocycles. The number of thiophene rings is 1. The minimum Gasteiger partial charge on any atom is -0.417 e. The van der Waals surface area contributed by atoms with Gasteiger partial charge in [0, 0.05) is 44.0 Å². The van der Waals surface area contributed by atoms with Crippen molar-refractivity contribution in [2.24, 2.45) is 9.98 Å². The standard InChI is InChI=1S/C33H22N4O2S/c34-20-27(39-22-38)19-28-15-18-31(40-28)30-17-16-29(32-33(30)36-21-35-32)23-11-13-26(14-12-23)37(24-7-3-1-4-8-24)25-9-5-2-6-10-25/h1-19,22H,21H2/b27-19-. The fraction of sp³-hybridized carbons (Fsp3) is 0.0303. The number of anilines is 3. The lowest BCUT2D eigenvalue weighted by molar-refractivity contribution is -0.124. The van der Waals surface area contributed by atoms with Gasteiger partial charge >= 0.3 is 0 Å². The monoisotopic (exact) mass is 538 g/mol. The smallest absolute Gasteiger partial charge is 0.299 e. The first-order valence-electron chi connectivity index (χ1n) is 12.6. The van der Waals surface area contributed by atoms with E-state index >= 15 is 0 Å². The Morgan fingerprint density at radius 2 is 1.38 bits per heavy atom. The van der Waals surface area contributed by atoms with E-state index in [1.165, 1.54) is 11.3 Å². The molecule has 0 bridgehead atoms. The van der Waals surface area contributed by atoms with Crippen LogP contribution < -0.4 is 15.6 Å². The first-order chi connectivity index (χ1) is 19.7. The third-order valence-electron chi connectivity index (χ3n) is 6.53. The van der Waals surface area contributed by atoms with Gasteiger partial charge in [-0.1, -0.05) is 60.7 Å². The van der Waals surface area contributed by atoms with Crippen LogP contribution in [-0.2, 0) is 9.53 Å². The molecule has 0 radical (unpaired) electrons. The van der Waals surface area contributed by atoms with E-state index in [-0.39, 0.29) is 12.2 Å². The normalized spacial score (nSPS) is 12.0. The number of para-hydroxylation sites is 2. The number of hydrogen-bond donors (Lipinski definition) is 0. The van der Waals surface area contributed by atoms with Crippen LogP contribution in [0.3, 0.4) is 0 Å². The van der Waals surface area contributed by atoms with Gasteiger partial charge in [0.1, 0.15) is 12.7 Å². The number of carbonyl (C=O) groups is 1. The summed E-state index contributed by atoms with van der Waals surface area (Å²) in [6.45, 7) is 0.639. The summed E-state index contributed by atoms with van der Waals surface area (Å²) in [4.78, 5) is 24.1. The molecule has 40 heavy (non-hydrogen) atoms. The molecule has 6 rings (SSSR count). The molecule has 0 unspecified atom stereocenters. The van der Waals surface area contributed by atoms with Crippen molar-refractivity contribution in [3.63, 3.8) is 0 Å². The van der Waals surface area contributed by atoms with Crippen molar-refractivity contribution in [2.45, 2.75) is 0 Å². The fourth-order valence-electron chi connectivity index (χ4n) is 4.75. The number of carbonyl (C=O) groups excluding carboxylic acids is 1. The molecule has 4 aromatic carbocycles. The molecular formula is C33H22N4O2S. The first kappa shape index (κ1) is 25.0. The zero-order valence-electron chi connectivity index (χ0n) is 21.3. The van der Waals surface area contributed by atoms with Crippen molar-refractivity contribution in [2.75, 3.05) is 11.6 Å². The van der Waals surface area contributed by atoms with Gasteiger partial charge < -0.3 is 9.64 Å². The number of nitriles is 1. The van der Waals surface area contributed by atoms with E-state index < -0.39 is 0 Å². The molecule has 0 aliphatic carbocycles. The van der Waals surface area contributed by atoms with E-state index in [0.717, 1.165) is 54.2 Å². The van der Waals surface area contributed by atoms with Gasteiger partial charge in [-0.05, 0) is 54.1 Å². The van der Waals surface area contributed by atoms with Crippen LogP contribution in [0.25, 0.3) is 27.6 Å². The number of fused-ring (bicyclic) bond motifs is 1.